The smallest absolute Gasteiger partial charge is 0.130 e. The van der Waals surface area contributed by atoms with Gasteiger partial charge in [0.05, 0.1) is 6.61 Å². The lowest BCUT2D eigenvalue weighted by molar-refractivity contribution is 0.266. The van der Waals surface area contributed by atoms with Crippen LogP contribution in [-0.2, 0) is 6.61 Å². The number of hydrogen-bond donors (Lipinski definition) is 1. The number of hydrogen-bond acceptors (Lipinski definition) is 3. The maximum absolute atomic E-state index is 13.7. The zero-order chi connectivity index (χ0) is 13.3. The van der Waals surface area contributed by atoms with Crippen LogP contribution in [0.4, 0.5) is 10.1 Å². The first kappa shape index (κ1) is 13.3. The number of anilines is 1. The van der Waals surface area contributed by atoms with Crippen LogP contribution in [0.2, 0.25) is 0 Å². The van der Waals surface area contributed by atoms with Gasteiger partial charge >= 0.3 is 0 Å². The van der Waals surface area contributed by atoms with Crippen molar-refractivity contribution < 1.29 is 9.50 Å². The molecule has 0 amide bonds. The normalized spacial score (nSPS) is 24.0. The van der Waals surface area contributed by atoms with E-state index in [-0.39, 0.29) is 12.4 Å². The van der Waals surface area contributed by atoms with Crippen LogP contribution >= 0.6 is 0 Å². The second-order valence-electron chi connectivity index (χ2n) is 5.31. The summed E-state index contributed by atoms with van der Waals surface area (Å²) >= 11 is 0. The molecule has 0 bridgehead atoms. The molecule has 4 heteroatoms. The van der Waals surface area contributed by atoms with Crippen LogP contribution in [0.1, 0.15) is 12.5 Å². The fourth-order valence-corrected chi connectivity index (χ4v) is 2.82. The Balaban J connectivity index is 2.26. The molecular formula is C14H21FN2O. The molecule has 1 N–H and O–H groups in total. The third-order valence-electron chi connectivity index (χ3n) is 3.83. The molecule has 2 rings (SSSR count). The van der Waals surface area contributed by atoms with Crippen LogP contribution in [0, 0.1) is 11.7 Å². The van der Waals surface area contributed by atoms with E-state index in [1.54, 1.807) is 6.07 Å². The van der Waals surface area contributed by atoms with Gasteiger partial charge in [0.2, 0.25) is 0 Å². The maximum atomic E-state index is 13.7. The van der Waals surface area contributed by atoms with Crippen LogP contribution in [0.25, 0.3) is 0 Å². The predicted molar refractivity (Wildman–Crippen MR) is 71.2 cm³/mol. The Morgan fingerprint density at radius 2 is 2.11 bits per heavy atom. The Morgan fingerprint density at radius 1 is 1.39 bits per heavy atom. The van der Waals surface area contributed by atoms with Crippen molar-refractivity contribution in [3.63, 3.8) is 0 Å². The monoisotopic (exact) mass is 252 g/mol. The Labute approximate surface area is 108 Å². The van der Waals surface area contributed by atoms with E-state index in [0.29, 0.717) is 17.5 Å². The molecule has 2 atom stereocenters. The summed E-state index contributed by atoms with van der Waals surface area (Å²) in [5, 5.41) is 9.32. The summed E-state index contributed by atoms with van der Waals surface area (Å²) < 4.78 is 13.7. The van der Waals surface area contributed by atoms with Crippen LogP contribution in [0.3, 0.4) is 0 Å². The van der Waals surface area contributed by atoms with Gasteiger partial charge in [0.1, 0.15) is 5.82 Å². The zero-order valence-electron chi connectivity index (χ0n) is 11.2. The van der Waals surface area contributed by atoms with E-state index in [2.05, 4.69) is 30.8 Å². The van der Waals surface area contributed by atoms with Gasteiger partial charge in [-0.15, -0.1) is 0 Å². The van der Waals surface area contributed by atoms with E-state index in [4.69, 9.17) is 0 Å². The average molecular weight is 252 g/mol. The van der Waals surface area contributed by atoms with Crippen molar-refractivity contribution in [2.75, 3.05) is 32.1 Å². The number of likely N-dealkylation sites (N-methyl/N-ethyl adjacent to an activating group) is 1. The van der Waals surface area contributed by atoms with Gasteiger partial charge in [0, 0.05) is 30.4 Å². The minimum Gasteiger partial charge on any atom is -0.391 e. The molecule has 1 heterocycles. The maximum Gasteiger partial charge on any atom is 0.130 e. The SMILES string of the molecule is CC1CN(c2cccc(F)c2CO)CC1N(C)C. The van der Waals surface area contributed by atoms with E-state index in [1.165, 1.54) is 6.07 Å². The quantitative estimate of drug-likeness (QED) is 0.887. The summed E-state index contributed by atoms with van der Waals surface area (Å²) in [6.45, 7) is 3.74. The molecule has 18 heavy (non-hydrogen) atoms. The van der Waals surface area contributed by atoms with Crippen LogP contribution < -0.4 is 4.90 Å². The molecule has 1 fully saturated rings. The number of aliphatic hydroxyl groups is 1. The minimum absolute atomic E-state index is 0.250. The van der Waals surface area contributed by atoms with E-state index in [9.17, 15) is 9.50 Å². The van der Waals surface area contributed by atoms with Gasteiger partial charge in [-0.05, 0) is 32.1 Å². The molecule has 0 aromatic heterocycles. The standard InChI is InChI=1S/C14H21FN2O/c1-10-7-17(8-14(10)16(2)3)13-6-4-5-12(15)11(13)9-18/h4-6,10,14,18H,7-9H2,1-3H3. The van der Waals surface area contributed by atoms with Crippen molar-refractivity contribution in [2.45, 2.75) is 19.6 Å². The first-order valence-electron chi connectivity index (χ1n) is 6.34. The van der Waals surface area contributed by atoms with Gasteiger partial charge in [0.25, 0.3) is 0 Å². The Kier molecular flexibility index (Phi) is 3.88. The highest BCUT2D eigenvalue weighted by atomic mass is 19.1. The van der Waals surface area contributed by atoms with Crippen molar-refractivity contribution in [1.29, 1.82) is 0 Å². The van der Waals surface area contributed by atoms with Gasteiger partial charge < -0.3 is 14.9 Å². The molecule has 1 saturated heterocycles. The second-order valence-corrected chi connectivity index (χ2v) is 5.31. The summed E-state index contributed by atoms with van der Waals surface area (Å²) in [7, 11) is 4.15. The van der Waals surface area contributed by atoms with E-state index in [1.807, 2.05) is 6.07 Å². The van der Waals surface area contributed by atoms with E-state index < -0.39 is 0 Å². The first-order chi connectivity index (χ1) is 8.54. The molecule has 2 unspecified atom stereocenters. The summed E-state index contributed by atoms with van der Waals surface area (Å²) in [4.78, 5) is 4.38. The highest BCUT2D eigenvalue weighted by Crippen LogP contribution is 2.30. The van der Waals surface area contributed by atoms with Gasteiger partial charge in [-0.2, -0.15) is 0 Å². The molecule has 0 radical (unpaired) electrons. The van der Waals surface area contributed by atoms with E-state index in [0.717, 1.165) is 18.8 Å². The van der Waals surface area contributed by atoms with Crippen molar-refractivity contribution >= 4 is 5.69 Å². The minimum atomic E-state index is -0.323. The van der Waals surface area contributed by atoms with Gasteiger partial charge in [-0.25, -0.2) is 4.39 Å². The van der Waals surface area contributed by atoms with Gasteiger partial charge in [-0.1, -0.05) is 13.0 Å². The number of halogens is 1. The highest BCUT2D eigenvalue weighted by molar-refractivity contribution is 5.55. The molecule has 1 aromatic rings. The summed E-state index contributed by atoms with van der Waals surface area (Å²) in [5.41, 5.74) is 1.23. The molecule has 0 saturated carbocycles. The lowest BCUT2D eigenvalue weighted by atomic mass is 10.1. The van der Waals surface area contributed by atoms with Crippen molar-refractivity contribution in [1.82, 2.24) is 4.90 Å². The number of rotatable bonds is 3. The second kappa shape index (κ2) is 5.24. The fraction of sp³-hybridized carbons (Fsp3) is 0.571. The number of benzene rings is 1. The Hall–Kier alpha value is -1.13. The number of nitrogens with zero attached hydrogens (tertiary/aromatic N) is 2. The van der Waals surface area contributed by atoms with Gasteiger partial charge in [0.15, 0.2) is 0 Å². The molecule has 0 spiro atoms. The predicted octanol–water partition coefficient (Wildman–Crippen LogP) is 1.70. The fourth-order valence-electron chi connectivity index (χ4n) is 2.82. The molecule has 1 aliphatic rings. The van der Waals surface area contributed by atoms with Crippen LogP contribution in [-0.4, -0.2) is 43.2 Å². The lowest BCUT2D eigenvalue weighted by Crippen LogP contribution is -2.34. The summed E-state index contributed by atoms with van der Waals surface area (Å²) in [5.74, 6) is 0.214. The van der Waals surface area contributed by atoms with Crippen LogP contribution in [0.5, 0.6) is 0 Å². The average Bonchev–Trinajstić information content (AvgIpc) is 2.71. The summed E-state index contributed by atoms with van der Waals surface area (Å²) in [6, 6.07) is 5.47. The first-order valence-corrected chi connectivity index (χ1v) is 6.34. The molecular weight excluding hydrogens is 231 g/mol. The summed E-state index contributed by atoms with van der Waals surface area (Å²) in [6.07, 6.45) is 0. The lowest BCUT2D eigenvalue weighted by Gasteiger charge is -2.24. The molecule has 3 nitrogen and oxygen atoms in total. The topological polar surface area (TPSA) is 26.7 Å². The zero-order valence-corrected chi connectivity index (χ0v) is 11.2. The van der Waals surface area contributed by atoms with Crippen molar-refractivity contribution in [3.05, 3.63) is 29.6 Å². The van der Waals surface area contributed by atoms with Crippen molar-refractivity contribution in [2.24, 2.45) is 5.92 Å². The largest absolute Gasteiger partial charge is 0.391 e. The highest BCUT2D eigenvalue weighted by Gasteiger charge is 2.32. The molecule has 1 aromatic carbocycles. The number of aliphatic hydroxyl groups excluding tert-OH is 1. The third kappa shape index (κ3) is 2.35. The Morgan fingerprint density at radius 3 is 2.67 bits per heavy atom. The molecule has 0 aliphatic carbocycles. The van der Waals surface area contributed by atoms with Crippen molar-refractivity contribution in [3.8, 4) is 0 Å². The van der Waals surface area contributed by atoms with Crippen LogP contribution in [0.15, 0.2) is 18.2 Å². The van der Waals surface area contributed by atoms with E-state index >= 15 is 0 Å². The van der Waals surface area contributed by atoms with Gasteiger partial charge in [-0.3, -0.25) is 0 Å². The molecule has 1 aliphatic heterocycles. The Bertz CT molecular complexity index is 422. The molecule has 100 valence electrons. The third-order valence-corrected chi connectivity index (χ3v) is 3.83.